The van der Waals surface area contributed by atoms with Crippen LogP contribution in [0.1, 0.15) is 90.4 Å². The van der Waals surface area contributed by atoms with Gasteiger partial charge in [-0.05, 0) is 26.9 Å². The largest absolute Gasteiger partial charge is 0.465 e. The summed E-state index contributed by atoms with van der Waals surface area (Å²) in [5.41, 5.74) is 0. The highest BCUT2D eigenvalue weighted by Crippen LogP contribution is 2.11. The Morgan fingerprint density at radius 1 is 0.808 bits per heavy atom. The topological polar surface area (TPSA) is 58.6 Å². The second-order valence-corrected chi connectivity index (χ2v) is 7.45. The van der Waals surface area contributed by atoms with Gasteiger partial charge in [-0.1, -0.05) is 71.1 Å². The molecule has 0 aliphatic rings. The van der Waals surface area contributed by atoms with E-state index >= 15 is 0 Å². The van der Waals surface area contributed by atoms with Crippen LogP contribution in [0.5, 0.6) is 0 Å². The van der Waals surface area contributed by atoms with Crippen molar-refractivity contribution in [2.75, 3.05) is 33.8 Å². The molecule has 0 spiro atoms. The van der Waals surface area contributed by atoms with Gasteiger partial charge in [-0.25, -0.2) is 0 Å². The molecule has 0 rings (SSSR count). The lowest BCUT2D eigenvalue weighted by Gasteiger charge is -2.09. The molecule has 5 nitrogen and oxygen atoms in total. The molecule has 0 saturated heterocycles. The Balaban J connectivity index is 3.26. The summed E-state index contributed by atoms with van der Waals surface area (Å²) in [6.07, 6.45) is 15.5. The van der Waals surface area contributed by atoms with Crippen molar-refractivity contribution in [3.8, 4) is 0 Å². The molecule has 0 aliphatic carbocycles. The standard InChI is InChI=1S/C21H42N2O3/c1-4-5-6-7-8-9-10-11-12-13-14-16-20(24)22-17-15-18-26-21(25)19-23(2)3/h4-19H2,1-3H3,(H,22,24). The number of carbonyl (C=O) groups is 2. The Labute approximate surface area is 161 Å². The summed E-state index contributed by atoms with van der Waals surface area (Å²) in [6, 6.07) is 0. The van der Waals surface area contributed by atoms with Crippen LogP contribution in [0.25, 0.3) is 0 Å². The Hall–Kier alpha value is -1.10. The molecular formula is C21H42N2O3. The van der Waals surface area contributed by atoms with Crippen LogP contribution in [0.3, 0.4) is 0 Å². The van der Waals surface area contributed by atoms with E-state index in [0.717, 1.165) is 12.8 Å². The Morgan fingerprint density at radius 2 is 1.35 bits per heavy atom. The molecule has 1 N–H and O–H groups in total. The minimum absolute atomic E-state index is 0.112. The number of hydrogen-bond donors (Lipinski definition) is 1. The average Bonchev–Trinajstić information content (AvgIpc) is 2.58. The number of amides is 1. The second-order valence-electron chi connectivity index (χ2n) is 7.45. The summed E-state index contributed by atoms with van der Waals surface area (Å²) in [5.74, 6) is -0.108. The van der Waals surface area contributed by atoms with E-state index in [2.05, 4.69) is 12.2 Å². The van der Waals surface area contributed by atoms with Gasteiger partial charge in [0, 0.05) is 13.0 Å². The molecule has 0 aromatic heterocycles. The van der Waals surface area contributed by atoms with Crippen molar-refractivity contribution in [1.29, 1.82) is 0 Å². The van der Waals surface area contributed by atoms with Crippen LogP contribution in [0, 0.1) is 0 Å². The minimum atomic E-state index is -0.220. The molecule has 0 aromatic carbocycles. The summed E-state index contributed by atoms with van der Waals surface area (Å²) in [6.45, 7) is 3.49. The first kappa shape index (κ1) is 24.9. The Bertz CT molecular complexity index is 346. The number of carbonyl (C=O) groups excluding carboxylic acids is 2. The van der Waals surface area contributed by atoms with Crippen molar-refractivity contribution in [3.63, 3.8) is 0 Å². The van der Waals surface area contributed by atoms with Gasteiger partial charge in [-0.2, -0.15) is 0 Å². The van der Waals surface area contributed by atoms with Gasteiger partial charge in [0.1, 0.15) is 0 Å². The summed E-state index contributed by atoms with van der Waals surface area (Å²) in [5, 5.41) is 2.89. The maximum Gasteiger partial charge on any atom is 0.320 e. The van der Waals surface area contributed by atoms with Crippen LogP contribution < -0.4 is 5.32 Å². The van der Waals surface area contributed by atoms with Crippen LogP contribution in [0.15, 0.2) is 0 Å². The lowest BCUT2D eigenvalue weighted by molar-refractivity contribution is -0.144. The molecular weight excluding hydrogens is 328 g/mol. The van der Waals surface area contributed by atoms with E-state index < -0.39 is 0 Å². The van der Waals surface area contributed by atoms with Crippen LogP contribution in [0.4, 0.5) is 0 Å². The van der Waals surface area contributed by atoms with Gasteiger partial charge in [0.05, 0.1) is 13.2 Å². The smallest absolute Gasteiger partial charge is 0.320 e. The van der Waals surface area contributed by atoms with Crippen molar-refractivity contribution in [3.05, 3.63) is 0 Å². The Kier molecular flexibility index (Phi) is 17.9. The monoisotopic (exact) mass is 370 g/mol. The maximum absolute atomic E-state index is 11.7. The first-order valence-electron chi connectivity index (χ1n) is 10.6. The number of likely N-dealkylation sites (N-methyl/N-ethyl adjacent to an activating group) is 1. The van der Waals surface area contributed by atoms with Gasteiger partial charge < -0.3 is 10.1 Å². The summed E-state index contributed by atoms with van der Waals surface area (Å²) in [4.78, 5) is 24.8. The van der Waals surface area contributed by atoms with Gasteiger partial charge in [0.15, 0.2) is 0 Å². The maximum atomic E-state index is 11.7. The van der Waals surface area contributed by atoms with Gasteiger partial charge >= 0.3 is 5.97 Å². The molecule has 154 valence electrons. The predicted octanol–water partition coefficient (Wildman–Crippen LogP) is 4.30. The molecule has 0 radical (unpaired) electrons. The fourth-order valence-corrected chi connectivity index (χ4v) is 2.83. The van der Waals surface area contributed by atoms with Crippen molar-refractivity contribution >= 4 is 11.9 Å². The third-order valence-corrected chi connectivity index (χ3v) is 4.36. The molecule has 0 heterocycles. The first-order valence-corrected chi connectivity index (χ1v) is 10.6. The quantitative estimate of drug-likeness (QED) is 0.289. The van der Waals surface area contributed by atoms with Crippen LogP contribution >= 0.6 is 0 Å². The highest BCUT2D eigenvalue weighted by Gasteiger charge is 2.04. The summed E-state index contributed by atoms with van der Waals surface area (Å²) in [7, 11) is 3.66. The molecule has 0 atom stereocenters. The molecule has 0 saturated carbocycles. The van der Waals surface area contributed by atoms with E-state index in [1.54, 1.807) is 4.90 Å². The average molecular weight is 371 g/mol. The lowest BCUT2D eigenvalue weighted by atomic mass is 10.1. The number of ether oxygens (including phenoxy) is 1. The Morgan fingerprint density at radius 3 is 1.88 bits per heavy atom. The van der Waals surface area contributed by atoms with E-state index in [0.29, 0.717) is 32.5 Å². The molecule has 0 aliphatic heterocycles. The molecule has 0 aromatic rings. The predicted molar refractivity (Wildman–Crippen MR) is 108 cm³/mol. The third kappa shape index (κ3) is 19.2. The lowest BCUT2D eigenvalue weighted by Crippen LogP contribution is -2.27. The van der Waals surface area contributed by atoms with E-state index in [1.165, 1.54) is 57.8 Å². The molecule has 0 unspecified atom stereocenters. The number of esters is 1. The second kappa shape index (κ2) is 18.7. The summed E-state index contributed by atoms with van der Waals surface area (Å²) < 4.78 is 5.08. The number of rotatable bonds is 18. The van der Waals surface area contributed by atoms with Crippen molar-refractivity contribution in [2.45, 2.75) is 90.4 Å². The van der Waals surface area contributed by atoms with Crippen LogP contribution in [0.2, 0.25) is 0 Å². The normalized spacial score (nSPS) is 10.9. The zero-order valence-corrected chi connectivity index (χ0v) is 17.5. The number of unbranched alkanes of at least 4 members (excludes halogenated alkanes) is 10. The third-order valence-electron chi connectivity index (χ3n) is 4.36. The molecule has 0 bridgehead atoms. The zero-order valence-electron chi connectivity index (χ0n) is 17.5. The minimum Gasteiger partial charge on any atom is -0.465 e. The van der Waals surface area contributed by atoms with Gasteiger partial charge in [-0.3, -0.25) is 14.5 Å². The highest BCUT2D eigenvalue weighted by atomic mass is 16.5. The van der Waals surface area contributed by atoms with E-state index in [4.69, 9.17) is 4.74 Å². The molecule has 0 fully saturated rings. The zero-order chi connectivity index (χ0) is 19.5. The molecule has 1 amide bonds. The fraction of sp³-hybridized carbons (Fsp3) is 0.905. The summed E-state index contributed by atoms with van der Waals surface area (Å²) >= 11 is 0. The highest BCUT2D eigenvalue weighted by molar-refractivity contribution is 5.75. The van der Waals surface area contributed by atoms with Crippen molar-refractivity contribution < 1.29 is 14.3 Å². The van der Waals surface area contributed by atoms with Crippen LogP contribution in [-0.2, 0) is 14.3 Å². The van der Waals surface area contributed by atoms with Crippen molar-refractivity contribution in [2.24, 2.45) is 0 Å². The van der Waals surface area contributed by atoms with E-state index in [1.807, 2.05) is 14.1 Å². The first-order chi connectivity index (χ1) is 12.6. The van der Waals surface area contributed by atoms with Gasteiger partial charge in [0.25, 0.3) is 0 Å². The SMILES string of the molecule is CCCCCCCCCCCCCC(=O)NCCCOC(=O)CN(C)C. The van der Waals surface area contributed by atoms with Crippen molar-refractivity contribution in [1.82, 2.24) is 10.2 Å². The number of nitrogens with zero attached hydrogens (tertiary/aromatic N) is 1. The molecule has 5 heteroatoms. The number of hydrogen-bond acceptors (Lipinski definition) is 4. The number of nitrogens with one attached hydrogen (secondary N) is 1. The van der Waals surface area contributed by atoms with Crippen LogP contribution in [-0.4, -0.2) is 50.6 Å². The molecule has 26 heavy (non-hydrogen) atoms. The fourth-order valence-electron chi connectivity index (χ4n) is 2.83. The van der Waals surface area contributed by atoms with E-state index in [-0.39, 0.29) is 11.9 Å². The van der Waals surface area contributed by atoms with Gasteiger partial charge in [-0.15, -0.1) is 0 Å². The van der Waals surface area contributed by atoms with E-state index in [9.17, 15) is 9.59 Å². The van der Waals surface area contributed by atoms with Gasteiger partial charge in [0.2, 0.25) is 5.91 Å².